The normalized spacial score (nSPS) is 10.8. The minimum Gasteiger partial charge on any atom is -0.258 e. The third kappa shape index (κ3) is 2.11. The van der Waals surface area contributed by atoms with Gasteiger partial charge in [0.15, 0.2) is 0 Å². The molecule has 0 unspecified atom stereocenters. The van der Waals surface area contributed by atoms with Crippen LogP contribution in [0.1, 0.15) is 0 Å². The molecule has 114 valence electrons. The minimum absolute atomic E-state index is 0.00833. The predicted molar refractivity (Wildman–Crippen MR) is 81.4 cm³/mol. The average Bonchev–Trinajstić information content (AvgIpc) is 2.52. The molecule has 0 saturated carbocycles. The second-order valence-electron chi connectivity index (χ2n) is 4.75. The SMILES string of the molecule is O=[N+]([O-])c1cc2c(ccc3ccccc32)c([N+](=O)[O-])c1[N+](=O)[O-]. The van der Waals surface area contributed by atoms with E-state index < -0.39 is 31.8 Å². The number of rotatable bonds is 3. The third-order valence-corrected chi connectivity index (χ3v) is 3.54. The zero-order valence-corrected chi connectivity index (χ0v) is 11.3. The Morgan fingerprint density at radius 3 is 1.91 bits per heavy atom. The fourth-order valence-electron chi connectivity index (χ4n) is 2.62. The van der Waals surface area contributed by atoms with Crippen LogP contribution in [0.15, 0.2) is 42.5 Å². The Hall–Kier alpha value is -3.62. The Kier molecular flexibility index (Phi) is 3.10. The summed E-state index contributed by atoms with van der Waals surface area (Å²) in [5, 5.41) is 35.1. The molecule has 0 fully saturated rings. The molecule has 9 heteroatoms. The second-order valence-corrected chi connectivity index (χ2v) is 4.75. The number of hydrogen-bond donors (Lipinski definition) is 0. The van der Waals surface area contributed by atoms with Gasteiger partial charge < -0.3 is 0 Å². The predicted octanol–water partition coefficient (Wildman–Crippen LogP) is 3.72. The van der Waals surface area contributed by atoms with Gasteiger partial charge in [0.25, 0.3) is 0 Å². The topological polar surface area (TPSA) is 129 Å². The van der Waals surface area contributed by atoms with Crippen molar-refractivity contribution in [2.24, 2.45) is 0 Å². The summed E-state index contributed by atoms with van der Waals surface area (Å²) in [4.78, 5) is 30.6. The van der Waals surface area contributed by atoms with E-state index in [2.05, 4.69) is 0 Å². The molecule has 0 aliphatic carbocycles. The van der Waals surface area contributed by atoms with E-state index in [4.69, 9.17) is 0 Å². The van der Waals surface area contributed by atoms with Crippen LogP contribution in [-0.2, 0) is 0 Å². The lowest BCUT2D eigenvalue weighted by Crippen LogP contribution is -2.02. The highest BCUT2D eigenvalue weighted by Gasteiger charge is 2.38. The highest BCUT2D eigenvalue weighted by atomic mass is 16.6. The van der Waals surface area contributed by atoms with Crippen LogP contribution in [0.25, 0.3) is 21.5 Å². The van der Waals surface area contributed by atoms with Gasteiger partial charge in [-0.1, -0.05) is 30.3 Å². The van der Waals surface area contributed by atoms with E-state index >= 15 is 0 Å². The number of benzene rings is 3. The van der Waals surface area contributed by atoms with Gasteiger partial charge >= 0.3 is 17.1 Å². The quantitative estimate of drug-likeness (QED) is 0.411. The summed E-state index contributed by atoms with van der Waals surface area (Å²) in [5.74, 6) is 0. The molecular weight excluding hydrogens is 306 g/mol. The molecule has 3 aromatic rings. The van der Waals surface area contributed by atoms with E-state index in [1.165, 1.54) is 6.07 Å². The van der Waals surface area contributed by atoms with Crippen LogP contribution in [0, 0.1) is 30.3 Å². The van der Waals surface area contributed by atoms with Crippen LogP contribution in [0.2, 0.25) is 0 Å². The first-order valence-corrected chi connectivity index (χ1v) is 6.33. The number of hydrogen-bond acceptors (Lipinski definition) is 6. The second kappa shape index (κ2) is 4.98. The van der Waals surface area contributed by atoms with E-state index in [1.807, 2.05) is 0 Å². The summed E-state index contributed by atoms with van der Waals surface area (Å²) < 4.78 is 0. The molecule has 0 saturated heterocycles. The maximum atomic E-state index is 11.3. The molecule has 0 aliphatic rings. The number of fused-ring (bicyclic) bond motifs is 3. The van der Waals surface area contributed by atoms with Gasteiger partial charge in [-0.15, -0.1) is 0 Å². The summed E-state index contributed by atoms with van der Waals surface area (Å²) in [6, 6.07) is 10.8. The molecule has 0 radical (unpaired) electrons. The van der Waals surface area contributed by atoms with Gasteiger partial charge in [-0.3, -0.25) is 30.3 Å². The van der Waals surface area contributed by atoms with Crippen molar-refractivity contribution in [3.05, 3.63) is 72.8 Å². The van der Waals surface area contributed by atoms with Crippen molar-refractivity contribution in [1.29, 1.82) is 0 Å². The molecule has 0 atom stereocenters. The Balaban J connectivity index is 2.63. The summed E-state index contributed by atoms with van der Waals surface area (Å²) >= 11 is 0. The first-order chi connectivity index (χ1) is 10.9. The Bertz CT molecular complexity index is 1010. The molecule has 0 heterocycles. The molecule has 23 heavy (non-hydrogen) atoms. The van der Waals surface area contributed by atoms with Gasteiger partial charge in [-0.25, -0.2) is 0 Å². The van der Waals surface area contributed by atoms with E-state index in [0.29, 0.717) is 5.39 Å². The Labute approximate surface area is 127 Å². The molecule has 0 amide bonds. The van der Waals surface area contributed by atoms with Crippen LogP contribution >= 0.6 is 0 Å². The lowest BCUT2D eigenvalue weighted by atomic mass is 9.99. The van der Waals surface area contributed by atoms with Crippen LogP contribution in [0.4, 0.5) is 17.1 Å². The molecule has 0 bridgehead atoms. The van der Waals surface area contributed by atoms with Crippen molar-refractivity contribution >= 4 is 38.6 Å². The standard InChI is InChI=1S/C14H7N3O6/c18-15(19)12-7-11-9-4-2-1-3-8(9)5-6-10(11)13(16(20)21)14(12)17(22)23/h1-7H. The fraction of sp³-hybridized carbons (Fsp3) is 0. The van der Waals surface area contributed by atoms with Crippen molar-refractivity contribution < 1.29 is 14.8 Å². The van der Waals surface area contributed by atoms with Crippen LogP contribution in [-0.4, -0.2) is 14.8 Å². The van der Waals surface area contributed by atoms with Crippen molar-refractivity contribution in [2.45, 2.75) is 0 Å². The average molecular weight is 313 g/mol. The minimum atomic E-state index is -1.11. The molecule has 0 aromatic heterocycles. The van der Waals surface area contributed by atoms with Crippen molar-refractivity contribution in [1.82, 2.24) is 0 Å². The highest BCUT2D eigenvalue weighted by Crippen LogP contribution is 2.44. The maximum absolute atomic E-state index is 11.3. The largest absolute Gasteiger partial charge is 0.422 e. The molecule has 3 rings (SSSR count). The van der Waals surface area contributed by atoms with Crippen LogP contribution < -0.4 is 0 Å². The zero-order chi connectivity index (χ0) is 16.7. The Morgan fingerprint density at radius 2 is 1.30 bits per heavy atom. The van der Waals surface area contributed by atoms with E-state index in [9.17, 15) is 30.3 Å². The number of nitro benzene ring substituents is 3. The molecule has 0 spiro atoms. The first-order valence-electron chi connectivity index (χ1n) is 6.33. The Morgan fingerprint density at radius 1 is 0.652 bits per heavy atom. The van der Waals surface area contributed by atoms with Gasteiger partial charge in [0.1, 0.15) is 0 Å². The smallest absolute Gasteiger partial charge is 0.258 e. The van der Waals surface area contributed by atoms with Crippen molar-refractivity contribution in [3.63, 3.8) is 0 Å². The molecule has 0 N–H and O–H groups in total. The molecule has 3 aromatic carbocycles. The number of nitro groups is 3. The first kappa shape index (κ1) is 14.3. The molecule has 9 nitrogen and oxygen atoms in total. The van der Waals surface area contributed by atoms with Gasteiger partial charge in [-0.05, 0) is 16.8 Å². The lowest BCUT2D eigenvalue weighted by molar-refractivity contribution is -0.440. The summed E-state index contributed by atoms with van der Waals surface area (Å²) in [6.45, 7) is 0. The maximum Gasteiger partial charge on any atom is 0.422 e. The lowest BCUT2D eigenvalue weighted by Gasteiger charge is -2.05. The van der Waals surface area contributed by atoms with Gasteiger partial charge in [0.2, 0.25) is 0 Å². The third-order valence-electron chi connectivity index (χ3n) is 3.54. The fourth-order valence-corrected chi connectivity index (χ4v) is 2.62. The highest BCUT2D eigenvalue weighted by molar-refractivity contribution is 6.13. The van der Waals surface area contributed by atoms with Crippen molar-refractivity contribution in [3.8, 4) is 0 Å². The van der Waals surface area contributed by atoms with Gasteiger partial charge in [0, 0.05) is 11.5 Å². The van der Waals surface area contributed by atoms with E-state index in [0.717, 1.165) is 11.5 Å². The van der Waals surface area contributed by atoms with Crippen molar-refractivity contribution in [2.75, 3.05) is 0 Å². The van der Waals surface area contributed by atoms with E-state index in [1.54, 1.807) is 30.3 Å². The number of nitrogens with zero attached hydrogens (tertiary/aromatic N) is 3. The monoisotopic (exact) mass is 313 g/mol. The summed E-state index contributed by atoms with van der Waals surface area (Å²) in [5.41, 5.74) is -2.88. The van der Waals surface area contributed by atoms with Crippen LogP contribution in [0.3, 0.4) is 0 Å². The van der Waals surface area contributed by atoms with Crippen LogP contribution in [0.5, 0.6) is 0 Å². The molecule has 0 aliphatic heterocycles. The van der Waals surface area contributed by atoms with E-state index in [-0.39, 0.29) is 10.8 Å². The summed E-state index contributed by atoms with van der Waals surface area (Å²) in [6.07, 6.45) is 0. The zero-order valence-electron chi connectivity index (χ0n) is 11.3. The van der Waals surface area contributed by atoms with Gasteiger partial charge in [0.05, 0.1) is 20.2 Å². The molecular formula is C14H7N3O6. The van der Waals surface area contributed by atoms with Gasteiger partial charge in [-0.2, -0.15) is 0 Å². The summed E-state index contributed by atoms with van der Waals surface area (Å²) in [7, 11) is 0.